The zero-order chi connectivity index (χ0) is 21.1. The van der Waals surface area contributed by atoms with Crippen molar-refractivity contribution in [3.8, 4) is 11.5 Å². The highest BCUT2D eigenvalue weighted by Gasteiger charge is 2.35. The predicted molar refractivity (Wildman–Crippen MR) is 116 cm³/mol. The molecule has 3 aromatic rings. The number of carbonyl (C=O) groups excluding carboxylic acids is 1. The molecule has 30 heavy (non-hydrogen) atoms. The van der Waals surface area contributed by atoms with Gasteiger partial charge in [-0.15, -0.1) is 0 Å². The molecule has 1 aliphatic heterocycles. The number of furan rings is 1. The highest BCUT2D eigenvalue weighted by Crippen LogP contribution is 2.41. The van der Waals surface area contributed by atoms with Gasteiger partial charge in [-0.05, 0) is 55.8 Å². The van der Waals surface area contributed by atoms with Gasteiger partial charge in [0.15, 0.2) is 0 Å². The summed E-state index contributed by atoms with van der Waals surface area (Å²) in [7, 11) is 1.63. The van der Waals surface area contributed by atoms with Crippen molar-refractivity contribution >= 4 is 17.6 Å². The van der Waals surface area contributed by atoms with E-state index in [4.69, 9.17) is 13.9 Å². The molecule has 1 N–H and O–H groups in total. The number of methoxy groups -OCH3 is 1. The minimum absolute atomic E-state index is 0.172. The Hall–Kier alpha value is -3.47. The second-order valence-electron chi connectivity index (χ2n) is 7.94. The van der Waals surface area contributed by atoms with Crippen molar-refractivity contribution in [2.24, 2.45) is 0 Å². The largest absolute Gasteiger partial charge is 0.497 e. The van der Waals surface area contributed by atoms with Gasteiger partial charge in [0, 0.05) is 12.0 Å². The van der Waals surface area contributed by atoms with Gasteiger partial charge in [0.05, 0.1) is 25.0 Å². The molecule has 1 atom stereocenters. The topological polar surface area (TPSA) is 60.7 Å². The highest BCUT2D eigenvalue weighted by atomic mass is 16.5. The third kappa shape index (κ3) is 4.25. The number of fused-ring (bicyclic) bond motifs is 1. The molecule has 5 nitrogen and oxygen atoms in total. The molecule has 0 fully saturated rings. The normalized spacial score (nSPS) is 17.6. The Bertz CT molecular complexity index is 1050. The molecule has 0 bridgehead atoms. The molecule has 1 amide bonds. The predicted octanol–water partition coefficient (Wildman–Crippen LogP) is 5.25. The van der Waals surface area contributed by atoms with Gasteiger partial charge >= 0.3 is 0 Å². The molecule has 1 aliphatic rings. The Labute approximate surface area is 176 Å². The fourth-order valence-electron chi connectivity index (χ4n) is 3.74. The number of ether oxygens (including phenoxy) is 2. The molecule has 0 spiro atoms. The number of hydrogen-bond donors (Lipinski definition) is 1. The summed E-state index contributed by atoms with van der Waals surface area (Å²) in [6.45, 7) is 4.05. The molecule has 5 heteroatoms. The minimum atomic E-state index is -0.406. The third-order valence-electron chi connectivity index (χ3n) is 5.14. The molecule has 0 radical (unpaired) electrons. The van der Waals surface area contributed by atoms with Gasteiger partial charge in [0.25, 0.3) is 5.91 Å². The van der Waals surface area contributed by atoms with Gasteiger partial charge in [-0.1, -0.05) is 30.3 Å². The van der Waals surface area contributed by atoms with Crippen LogP contribution in [0.2, 0.25) is 0 Å². The van der Waals surface area contributed by atoms with Crippen molar-refractivity contribution in [1.82, 2.24) is 5.32 Å². The summed E-state index contributed by atoms with van der Waals surface area (Å²) in [6, 6.07) is 18.7. The Balaban J connectivity index is 1.69. The number of carbonyl (C=O) groups is 1. The first-order valence-corrected chi connectivity index (χ1v) is 9.94. The van der Waals surface area contributed by atoms with E-state index in [-0.39, 0.29) is 11.9 Å². The number of rotatable bonds is 5. The van der Waals surface area contributed by atoms with Crippen LogP contribution in [0.1, 0.15) is 43.2 Å². The van der Waals surface area contributed by atoms with E-state index in [1.54, 1.807) is 25.5 Å². The summed E-state index contributed by atoms with van der Waals surface area (Å²) in [5.74, 6) is 1.94. The van der Waals surface area contributed by atoms with Crippen LogP contribution >= 0.6 is 0 Å². The monoisotopic (exact) mass is 403 g/mol. The van der Waals surface area contributed by atoms with Crippen molar-refractivity contribution in [3.05, 3.63) is 83.8 Å². The van der Waals surface area contributed by atoms with Crippen molar-refractivity contribution in [2.45, 2.75) is 31.9 Å². The van der Waals surface area contributed by atoms with Gasteiger partial charge in [-0.2, -0.15) is 0 Å². The van der Waals surface area contributed by atoms with E-state index >= 15 is 0 Å². The molecule has 2 aromatic carbocycles. The van der Waals surface area contributed by atoms with Crippen LogP contribution in [0.5, 0.6) is 11.5 Å². The second-order valence-corrected chi connectivity index (χ2v) is 7.94. The van der Waals surface area contributed by atoms with E-state index in [0.29, 0.717) is 17.8 Å². The van der Waals surface area contributed by atoms with Crippen LogP contribution in [0.4, 0.5) is 0 Å². The lowest BCUT2D eigenvalue weighted by atomic mass is 9.89. The van der Waals surface area contributed by atoms with Crippen LogP contribution in [0.25, 0.3) is 11.6 Å². The first-order valence-electron chi connectivity index (χ1n) is 9.94. The van der Waals surface area contributed by atoms with Gasteiger partial charge < -0.3 is 19.2 Å². The van der Waals surface area contributed by atoms with Crippen LogP contribution < -0.4 is 14.8 Å². The summed E-state index contributed by atoms with van der Waals surface area (Å²) in [6.07, 6.45) is 4.00. The lowest BCUT2D eigenvalue weighted by Crippen LogP contribution is -2.41. The fraction of sp³-hybridized carbons (Fsp3) is 0.240. The minimum Gasteiger partial charge on any atom is -0.497 e. The van der Waals surface area contributed by atoms with Gasteiger partial charge in [0.1, 0.15) is 22.9 Å². The zero-order valence-corrected chi connectivity index (χ0v) is 17.3. The number of hydrogen-bond acceptors (Lipinski definition) is 4. The Morgan fingerprint density at radius 2 is 1.93 bits per heavy atom. The lowest BCUT2D eigenvalue weighted by molar-refractivity contribution is -0.116. The molecular weight excluding hydrogens is 378 g/mol. The van der Waals surface area contributed by atoms with E-state index in [9.17, 15) is 4.79 Å². The Morgan fingerprint density at radius 1 is 1.13 bits per heavy atom. The van der Waals surface area contributed by atoms with Crippen LogP contribution in [0, 0.1) is 0 Å². The van der Waals surface area contributed by atoms with Gasteiger partial charge in [-0.3, -0.25) is 4.79 Å². The maximum absolute atomic E-state index is 13.4. The maximum Gasteiger partial charge on any atom is 0.252 e. The van der Waals surface area contributed by atoms with Crippen molar-refractivity contribution in [3.63, 3.8) is 0 Å². The quantitative estimate of drug-likeness (QED) is 0.591. The first-order chi connectivity index (χ1) is 14.4. The molecule has 0 saturated carbocycles. The van der Waals surface area contributed by atoms with Crippen molar-refractivity contribution in [2.75, 3.05) is 7.11 Å². The molecule has 0 saturated heterocycles. The Morgan fingerprint density at radius 3 is 2.63 bits per heavy atom. The second kappa shape index (κ2) is 8.11. The highest BCUT2D eigenvalue weighted by molar-refractivity contribution is 6.24. The van der Waals surface area contributed by atoms with E-state index in [1.165, 1.54) is 0 Å². The van der Waals surface area contributed by atoms with Crippen LogP contribution in [-0.2, 0) is 4.79 Å². The van der Waals surface area contributed by atoms with Crippen LogP contribution in [-0.4, -0.2) is 18.6 Å². The summed E-state index contributed by atoms with van der Waals surface area (Å²) in [5, 5.41) is 3.21. The summed E-state index contributed by atoms with van der Waals surface area (Å²) in [4.78, 5) is 13.4. The summed E-state index contributed by atoms with van der Waals surface area (Å²) < 4.78 is 17.0. The van der Waals surface area contributed by atoms with Crippen molar-refractivity contribution < 1.29 is 18.7 Å². The summed E-state index contributed by atoms with van der Waals surface area (Å²) in [5.41, 5.74) is 1.87. The zero-order valence-electron chi connectivity index (χ0n) is 17.3. The van der Waals surface area contributed by atoms with E-state index in [0.717, 1.165) is 22.6 Å². The van der Waals surface area contributed by atoms with Crippen molar-refractivity contribution in [1.29, 1.82) is 0 Å². The Kier molecular flexibility index (Phi) is 5.36. The van der Waals surface area contributed by atoms with Crippen LogP contribution in [0.3, 0.4) is 0 Å². The standard InChI is InChI=1S/C25H25NO4/c1-25(2)16-22(21-14-18(28-3)11-12-23(21)30-25)26-24(27)20(15-19-10-7-13-29-19)17-8-5-4-6-9-17/h4-15,22H,16H2,1-3H3,(H,26,27)/b20-15+. The average Bonchev–Trinajstić information content (AvgIpc) is 3.25. The lowest BCUT2D eigenvalue weighted by Gasteiger charge is -2.38. The average molecular weight is 403 g/mol. The molecule has 1 unspecified atom stereocenters. The van der Waals surface area contributed by atoms with Crippen LogP contribution in [0.15, 0.2) is 71.3 Å². The molecule has 2 heterocycles. The van der Waals surface area contributed by atoms with E-state index in [1.807, 2.05) is 68.4 Å². The molecule has 4 rings (SSSR count). The number of nitrogens with one attached hydrogen (secondary N) is 1. The fourth-order valence-corrected chi connectivity index (χ4v) is 3.74. The van der Waals surface area contributed by atoms with E-state index in [2.05, 4.69) is 5.32 Å². The van der Waals surface area contributed by atoms with Gasteiger partial charge in [-0.25, -0.2) is 0 Å². The number of benzene rings is 2. The molecule has 1 aromatic heterocycles. The van der Waals surface area contributed by atoms with Gasteiger partial charge in [0.2, 0.25) is 0 Å². The maximum atomic E-state index is 13.4. The first kappa shape index (κ1) is 19.8. The molecule has 0 aliphatic carbocycles. The smallest absolute Gasteiger partial charge is 0.252 e. The molecule has 154 valence electrons. The molecular formula is C25H25NO4. The SMILES string of the molecule is COc1ccc2c(c1)C(NC(=O)/C(=C/c1ccco1)c1ccccc1)CC(C)(C)O2. The van der Waals surface area contributed by atoms with E-state index < -0.39 is 5.60 Å². The number of amides is 1. The summed E-state index contributed by atoms with van der Waals surface area (Å²) >= 11 is 0. The third-order valence-corrected chi connectivity index (χ3v) is 5.14.